The molecule has 20 heavy (non-hydrogen) atoms. The number of rotatable bonds is 4. The van der Waals surface area contributed by atoms with Gasteiger partial charge >= 0.3 is 6.03 Å². The van der Waals surface area contributed by atoms with E-state index in [1.54, 1.807) is 0 Å². The van der Waals surface area contributed by atoms with Crippen LogP contribution in [0.4, 0.5) is 4.79 Å². The third-order valence-electron chi connectivity index (χ3n) is 4.81. The zero-order valence-corrected chi connectivity index (χ0v) is 13.2. The van der Waals surface area contributed by atoms with E-state index in [9.17, 15) is 4.79 Å². The first-order chi connectivity index (χ1) is 9.59. The number of hydrogen-bond acceptors (Lipinski definition) is 3. The molecular formula is C15H29N3O2. The summed E-state index contributed by atoms with van der Waals surface area (Å²) in [5, 5.41) is 3.04. The van der Waals surface area contributed by atoms with Crippen molar-refractivity contribution in [2.24, 2.45) is 5.41 Å². The molecule has 2 heterocycles. The molecule has 2 rings (SSSR count). The van der Waals surface area contributed by atoms with Crippen molar-refractivity contribution >= 4 is 6.03 Å². The summed E-state index contributed by atoms with van der Waals surface area (Å²) in [5.41, 5.74) is 0.226. The standard InChI is InChI=1S/C15H29N3O2/c1-4-5-8-16-14(19)18-11-13(17(2)3)15(12-18)6-9-20-10-7-15/h13H,4-12H2,1-3H3,(H,16,19). The Morgan fingerprint density at radius 2 is 2.10 bits per heavy atom. The van der Waals surface area contributed by atoms with E-state index in [0.29, 0.717) is 6.04 Å². The molecule has 116 valence electrons. The molecule has 1 atom stereocenters. The number of unbranched alkanes of at least 4 members (excludes halogenated alkanes) is 1. The number of urea groups is 1. The zero-order chi connectivity index (χ0) is 14.6. The van der Waals surface area contributed by atoms with Gasteiger partial charge in [-0.2, -0.15) is 0 Å². The lowest BCUT2D eigenvalue weighted by molar-refractivity contribution is -0.00770. The van der Waals surface area contributed by atoms with Crippen LogP contribution in [0, 0.1) is 5.41 Å². The van der Waals surface area contributed by atoms with Crippen molar-refractivity contribution < 1.29 is 9.53 Å². The van der Waals surface area contributed by atoms with Gasteiger partial charge < -0.3 is 19.9 Å². The van der Waals surface area contributed by atoms with Gasteiger partial charge in [0.05, 0.1) is 0 Å². The van der Waals surface area contributed by atoms with Gasteiger partial charge in [0.2, 0.25) is 0 Å². The van der Waals surface area contributed by atoms with Crippen molar-refractivity contribution in [1.29, 1.82) is 0 Å². The summed E-state index contributed by atoms with van der Waals surface area (Å²) < 4.78 is 5.52. The molecule has 0 aromatic carbocycles. The monoisotopic (exact) mass is 283 g/mol. The van der Waals surface area contributed by atoms with Crippen molar-refractivity contribution in [3.8, 4) is 0 Å². The average molecular weight is 283 g/mol. The van der Waals surface area contributed by atoms with Crippen LogP contribution in [-0.2, 0) is 4.74 Å². The molecule has 2 aliphatic rings. The topological polar surface area (TPSA) is 44.8 Å². The summed E-state index contributed by atoms with van der Waals surface area (Å²) in [6.45, 7) is 6.29. The molecule has 0 radical (unpaired) electrons. The van der Waals surface area contributed by atoms with Gasteiger partial charge in [0.1, 0.15) is 0 Å². The first kappa shape index (κ1) is 15.6. The van der Waals surface area contributed by atoms with Crippen LogP contribution in [0.2, 0.25) is 0 Å². The molecule has 0 bridgehead atoms. The predicted molar refractivity (Wildman–Crippen MR) is 79.8 cm³/mol. The highest BCUT2D eigenvalue weighted by Gasteiger charge is 2.49. The largest absolute Gasteiger partial charge is 0.381 e. The van der Waals surface area contributed by atoms with Crippen molar-refractivity contribution in [1.82, 2.24) is 15.1 Å². The Morgan fingerprint density at radius 3 is 2.70 bits per heavy atom. The van der Waals surface area contributed by atoms with E-state index in [2.05, 4.69) is 31.2 Å². The first-order valence-electron chi connectivity index (χ1n) is 7.86. The van der Waals surface area contributed by atoms with Gasteiger partial charge in [-0.3, -0.25) is 0 Å². The quantitative estimate of drug-likeness (QED) is 0.796. The molecule has 0 aliphatic carbocycles. The van der Waals surface area contributed by atoms with E-state index in [-0.39, 0.29) is 11.4 Å². The molecule has 1 unspecified atom stereocenters. The third kappa shape index (κ3) is 3.26. The van der Waals surface area contributed by atoms with E-state index < -0.39 is 0 Å². The normalized spacial score (nSPS) is 25.4. The molecule has 2 saturated heterocycles. The van der Waals surface area contributed by atoms with E-state index in [4.69, 9.17) is 4.74 Å². The third-order valence-corrected chi connectivity index (χ3v) is 4.81. The van der Waals surface area contributed by atoms with Crippen LogP contribution in [0.15, 0.2) is 0 Å². The number of ether oxygens (including phenoxy) is 1. The van der Waals surface area contributed by atoms with Gasteiger partial charge in [0.15, 0.2) is 0 Å². The minimum Gasteiger partial charge on any atom is -0.381 e. The SMILES string of the molecule is CCCCNC(=O)N1CC(N(C)C)C2(CCOCC2)C1. The van der Waals surface area contributed by atoms with Gasteiger partial charge in [-0.1, -0.05) is 13.3 Å². The molecule has 5 heteroatoms. The molecule has 1 spiro atoms. The Bertz CT molecular complexity index is 327. The smallest absolute Gasteiger partial charge is 0.317 e. The zero-order valence-electron chi connectivity index (χ0n) is 13.2. The lowest BCUT2D eigenvalue weighted by atomic mass is 9.75. The summed E-state index contributed by atoms with van der Waals surface area (Å²) in [6, 6.07) is 0.553. The van der Waals surface area contributed by atoms with Crippen molar-refractivity contribution in [3.05, 3.63) is 0 Å². The molecule has 2 fully saturated rings. The van der Waals surface area contributed by atoms with Crippen LogP contribution in [-0.4, -0.2) is 68.8 Å². The number of nitrogens with one attached hydrogen (secondary N) is 1. The average Bonchev–Trinajstić information content (AvgIpc) is 2.79. The van der Waals surface area contributed by atoms with Gasteiger partial charge in [-0.15, -0.1) is 0 Å². The first-order valence-corrected chi connectivity index (χ1v) is 7.86. The fraction of sp³-hybridized carbons (Fsp3) is 0.933. The van der Waals surface area contributed by atoms with Gasteiger partial charge in [0, 0.05) is 44.3 Å². The molecule has 0 aromatic heterocycles. The fourth-order valence-electron chi connectivity index (χ4n) is 3.57. The summed E-state index contributed by atoms with van der Waals surface area (Å²) >= 11 is 0. The second-order valence-corrected chi connectivity index (χ2v) is 6.42. The van der Waals surface area contributed by atoms with Crippen molar-refractivity contribution in [2.75, 3.05) is 46.9 Å². The highest BCUT2D eigenvalue weighted by atomic mass is 16.5. The lowest BCUT2D eigenvalue weighted by Gasteiger charge is -2.40. The Labute approximate surface area is 122 Å². The Hall–Kier alpha value is -0.810. The van der Waals surface area contributed by atoms with Crippen molar-refractivity contribution in [3.63, 3.8) is 0 Å². The van der Waals surface area contributed by atoms with Crippen LogP contribution in [0.25, 0.3) is 0 Å². The summed E-state index contributed by atoms with van der Waals surface area (Å²) in [5.74, 6) is 0. The van der Waals surface area contributed by atoms with Crippen LogP contribution in [0.3, 0.4) is 0 Å². The van der Waals surface area contributed by atoms with Crippen molar-refractivity contribution in [2.45, 2.75) is 38.6 Å². The highest BCUT2D eigenvalue weighted by molar-refractivity contribution is 5.74. The fourth-order valence-corrected chi connectivity index (χ4v) is 3.57. The molecule has 0 aromatic rings. The van der Waals surface area contributed by atoms with E-state index >= 15 is 0 Å². The molecule has 5 nitrogen and oxygen atoms in total. The van der Waals surface area contributed by atoms with E-state index in [1.165, 1.54) is 0 Å². The maximum absolute atomic E-state index is 12.3. The Morgan fingerprint density at radius 1 is 1.40 bits per heavy atom. The van der Waals surface area contributed by atoms with Crippen LogP contribution in [0.1, 0.15) is 32.6 Å². The Balaban J connectivity index is 1.98. The Kier molecular flexibility index (Phi) is 5.27. The number of nitrogens with zero attached hydrogens (tertiary/aromatic N) is 2. The summed E-state index contributed by atoms with van der Waals surface area (Å²) in [6.07, 6.45) is 4.29. The second kappa shape index (κ2) is 6.76. The number of hydrogen-bond donors (Lipinski definition) is 1. The lowest BCUT2D eigenvalue weighted by Crippen LogP contribution is -2.46. The van der Waals surface area contributed by atoms with Gasteiger partial charge in [0.25, 0.3) is 0 Å². The minimum absolute atomic E-state index is 0.105. The number of amides is 2. The molecule has 0 saturated carbocycles. The van der Waals surface area contributed by atoms with Crippen LogP contribution >= 0.6 is 0 Å². The number of likely N-dealkylation sites (N-methyl/N-ethyl adjacent to an activating group) is 1. The maximum Gasteiger partial charge on any atom is 0.317 e. The highest BCUT2D eigenvalue weighted by Crippen LogP contribution is 2.41. The maximum atomic E-state index is 12.3. The summed E-state index contributed by atoms with van der Waals surface area (Å²) in [4.78, 5) is 16.6. The van der Waals surface area contributed by atoms with Crippen LogP contribution < -0.4 is 5.32 Å². The van der Waals surface area contributed by atoms with Gasteiger partial charge in [-0.05, 0) is 33.4 Å². The summed E-state index contributed by atoms with van der Waals surface area (Å²) in [7, 11) is 4.25. The minimum atomic E-state index is 0.105. The van der Waals surface area contributed by atoms with Crippen LogP contribution in [0.5, 0.6) is 0 Å². The number of carbonyl (C=O) groups excluding carboxylic acids is 1. The molecule has 2 aliphatic heterocycles. The molecular weight excluding hydrogens is 254 g/mol. The number of carbonyl (C=O) groups is 1. The molecule has 2 amide bonds. The van der Waals surface area contributed by atoms with E-state index in [1.807, 2.05) is 4.90 Å². The van der Waals surface area contributed by atoms with Gasteiger partial charge in [-0.25, -0.2) is 4.79 Å². The molecule has 1 N–H and O–H groups in total. The predicted octanol–water partition coefficient (Wildman–Crippen LogP) is 1.54. The van der Waals surface area contributed by atoms with E-state index in [0.717, 1.165) is 58.5 Å². The number of likely N-dealkylation sites (tertiary alicyclic amines) is 1. The second-order valence-electron chi connectivity index (χ2n) is 6.42.